The molecule has 2 nitrogen and oxygen atoms in total. The van der Waals surface area contributed by atoms with Crippen molar-refractivity contribution in [2.45, 2.75) is 32.2 Å². The summed E-state index contributed by atoms with van der Waals surface area (Å²) in [5.74, 6) is -0.162. The highest BCUT2D eigenvalue weighted by molar-refractivity contribution is 5.68. The predicted molar refractivity (Wildman–Crippen MR) is 85.5 cm³/mol. The van der Waals surface area contributed by atoms with E-state index in [-0.39, 0.29) is 11.9 Å². The number of halogens is 1. The van der Waals surface area contributed by atoms with Crippen molar-refractivity contribution in [2.24, 2.45) is 5.73 Å². The molecule has 1 heterocycles. The zero-order chi connectivity index (χ0) is 14.8. The van der Waals surface area contributed by atoms with Gasteiger partial charge in [-0.05, 0) is 55.5 Å². The van der Waals surface area contributed by atoms with Crippen LogP contribution in [0.1, 0.15) is 24.5 Å². The fourth-order valence-corrected chi connectivity index (χ4v) is 3.05. The van der Waals surface area contributed by atoms with Crippen LogP contribution in [0.25, 0.3) is 0 Å². The second kappa shape index (κ2) is 5.86. The lowest BCUT2D eigenvalue weighted by Gasteiger charge is -2.31. The summed E-state index contributed by atoms with van der Waals surface area (Å²) in [6, 6.07) is 13.8. The number of para-hydroxylation sites is 1. The molecule has 1 atom stereocenters. The second-order valence-corrected chi connectivity index (χ2v) is 5.85. The molecule has 0 fully saturated rings. The van der Waals surface area contributed by atoms with E-state index in [0.29, 0.717) is 12.1 Å². The van der Waals surface area contributed by atoms with Gasteiger partial charge in [0.2, 0.25) is 0 Å². The number of fused-ring (bicyclic) bond motifs is 1. The first-order chi connectivity index (χ1) is 10.1. The highest BCUT2D eigenvalue weighted by Crippen LogP contribution is 2.34. The molecule has 2 N–H and O–H groups in total. The maximum absolute atomic E-state index is 14.5. The van der Waals surface area contributed by atoms with Gasteiger partial charge in [0.15, 0.2) is 0 Å². The monoisotopic (exact) mass is 284 g/mol. The summed E-state index contributed by atoms with van der Waals surface area (Å²) in [5.41, 5.74) is 9.83. The van der Waals surface area contributed by atoms with Crippen LogP contribution in [-0.2, 0) is 12.8 Å². The van der Waals surface area contributed by atoms with Gasteiger partial charge in [-0.15, -0.1) is 0 Å². The molecule has 0 saturated carbocycles. The number of aryl methyl sites for hydroxylation is 1. The Balaban J connectivity index is 1.95. The first-order valence-electron chi connectivity index (χ1n) is 7.54. The van der Waals surface area contributed by atoms with Crippen molar-refractivity contribution >= 4 is 11.4 Å². The molecule has 0 saturated heterocycles. The Labute approximate surface area is 125 Å². The Morgan fingerprint density at radius 2 is 2.00 bits per heavy atom. The smallest absolute Gasteiger partial charge is 0.147 e. The molecule has 1 unspecified atom stereocenters. The summed E-state index contributed by atoms with van der Waals surface area (Å²) in [5, 5.41) is 0. The first kappa shape index (κ1) is 14.1. The van der Waals surface area contributed by atoms with Crippen molar-refractivity contribution in [3.05, 3.63) is 59.4 Å². The van der Waals surface area contributed by atoms with Gasteiger partial charge in [0.25, 0.3) is 0 Å². The van der Waals surface area contributed by atoms with Crippen molar-refractivity contribution in [1.29, 1.82) is 0 Å². The molecule has 0 aromatic heterocycles. The lowest BCUT2D eigenvalue weighted by Crippen LogP contribution is -2.25. The molecule has 21 heavy (non-hydrogen) atoms. The lowest BCUT2D eigenvalue weighted by atomic mass is 10.0. The van der Waals surface area contributed by atoms with E-state index in [2.05, 4.69) is 17.0 Å². The van der Waals surface area contributed by atoms with Crippen LogP contribution in [0.3, 0.4) is 0 Å². The largest absolute Gasteiger partial charge is 0.339 e. The van der Waals surface area contributed by atoms with Crippen molar-refractivity contribution in [1.82, 2.24) is 0 Å². The van der Waals surface area contributed by atoms with E-state index in [1.807, 2.05) is 31.2 Å². The predicted octanol–water partition coefficient (Wildman–Crippen LogP) is 3.80. The molecule has 110 valence electrons. The van der Waals surface area contributed by atoms with Crippen molar-refractivity contribution in [3.8, 4) is 0 Å². The van der Waals surface area contributed by atoms with Gasteiger partial charge >= 0.3 is 0 Å². The molecule has 1 aliphatic heterocycles. The first-order valence-corrected chi connectivity index (χ1v) is 7.54. The summed E-state index contributed by atoms with van der Waals surface area (Å²) in [6.45, 7) is 2.80. The van der Waals surface area contributed by atoms with Crippen molar-refractivity contribution < 1.29 is 4.39 Å². The Morgan fingerprint density at radius 1 is 1.19 bits per heavy atom. The van der Waals surface area contributed by atoms with E-state index in [4.69, 9.17) is 5.73 Å². The fraction of sp³-hybridized carbons (Fsp3) is 0.333. The van der Waals surface area contributed by atoms with Gasteiger partial charge in [-0.3, -0.25) is 0 Å². The number of nitrogens with two attached hydrogens (primary N) is 1. The SMILES string of the molecule is CC(N)Cc1ccc(N2CCCc3ccccc32)c(F)c1. The van der Waals surface area contributed by atoms with Crippen LogP contribution < -0.4 is 10.6 Å². The van der Waals surface area contributed by atoms with Gasteiger partial charge in [0.05, 0.1) is 5.69 Å². The Kier molecular flexibility index (Phi) is 3.93. The van der Waals surface area contributed by atoms with E-state index in [1.165, 1.54) is 5.56 Å². The summed E-state index contributed by atoms with van der Waals surface area (Å²) in [7, 11) is 0. The van der Waals surface area contributed by atoms with Gasteiger partial charge in [0.1, 0.15) is 5.82 Å². The molecule has 3 heteroatoms. The van der Waals surface area contributed by atoms with Crippen LogP contribution in [0.4, 0.5) is 15.8 Å². The molecule has 0 radical (unpaired) electrons. The maximum Gasteiger partial charge on any atom is 0.147 e. The maximum atomic E-state index is 14.5. The fourth-order valence-electron chi connectivity index (χ4n) is 3.05. The van der Waals surface area contributed by atoms with Gasteiger partial charge in [-0.2, -0.15) is 0 Å². The molecule has 3 rings (SSSR count). The third-order valence-electron chi connectivity index (χ3n) is 3.97. The number of benzene rings is 2. The van der Waals surface area contributed by atoms with Crippen molar-refractivity contribution in [2.75, 3.05) is 11.4 Å². The summed E-state index contributed by atoms with van der Waals surface area (Å²) < 4.78 is 14.5. The number of rotatable bonds is 3. The van der Waals surface area contributed by atoms with Gasteiger partial charge in [-0.1, -0.05) is 24.3 Å². The minimum Gasteiger partial charge on any atom is -0.339 e. The van der Waals surface area contributed by atoms with E-state index in [1.54, 1.807) is 6.07 Å². The van der Waals surface area contributed by atoms with Gasteiger partial charge in [0, 0.05) is 18.3 Å². The molecule has 2 aromatic rings. The normalized spacial score (nSPS) is 15.7. The Bertz CT molecular complexity index is 637. The average molecular weight is 284 g/mol. The minimum atomic E-state index is -0.162. The average Bonchev–Trinajstić information content (AvgIpc) is 2.46. The third-order valence-corrected chi connectivity index (χ3v) is 3.97. The van der Waals surface area contributed by atoms with Gasteiger partial charge < -0.3 is 10.6 Å². The van der Waals surface area contributed by atoms with E-state index < -0.39 is 0 Å². The van der Waals surface area contributed by atoms with E-state index in [9.17, 15) is 4.39 Å². The van der Waals surface area contributed by atoms with E-state index in [0.717, 1.165) is 30.6 Å². The number of hydrogen-bond donors (Lipinski definition) is 1. The molecule has 0 aliphatic carbocycles. The van der Waals surface area contributed by atoms with E-state index >= 15 is 0 Å². The van der Waals surface area contributed by atoms with Crippen LogP contribution in [0.5, 0.6) is 0 Å². The van der Waals surface area contributed by atoms with Crippen molar-refractivity contribution in [3.63, 3.8) is 0 Å². The summed E-state index contributed by atoms with van der Waals surface area (Å²) in [6.07, 6.45) is 2.82. The molecule has 0 bridgehead atoms. The molecular weight excluding hydrogens is 263 g/mol. The highest BCUT2D eigenvalue weighted by Gasteiger charge is 2.20. The van der Waals surface area contributed by atoms with Crippen LogP contribution >= 0.6 is 0 Å². The Hall–Kier alpha value is -1.87. The standard InChI is InChI=1S/C18H21FN2/c1-13(20)11-14-8-9-18(16(19)12-14)21-10-4-6-15-5-2-3-7-17(15)21/h2-3,5,7-9,12-13H,4,6,10-11,20H2,1H3. The third kappa shape index (κ3) is 2.93. The minimum absolute atomic E-state index is 0.0472. The van der Waals surface area contributed by atoms with Gasteiger partial charge in [-0.25, -0.2) is 4.39 Å². The summed E-state index contributed by atoms with van der Waals surface area (Å²) >= 11 is 0. The number of hydrogen-bond acceptors (Lipinski definition) is 2. The molecule has 0 spiro atoms. The zero-order valence-corrected chi connectivity index (χ0v) is 12.3. The van der Waals surface area contributed by atoms with Crippen LogP contribution in [0.2, 0.25) is 0 Å². The zero-order valence-electron chi connectivity index (χ0n) is 12.3. The summed E-state index contributed by atoms with van der Waals surface area (Å²) in [4.78, 5) is 2.09. The quantitative estimate of drug-likeness (QED) is 0.929. The highest BCUT2D eigenvalue weighted by atomic mass is 19.1. The number of anilines is 2. The molecule has 0 amide bonds. The van der Waals surface area contributed by atoms with Crippen LogP contribution in [-0.4, -0.2) is 12.6 Å². The molecular formula is C18H21FN2. The van der Waals surface area contributed by atoms with Crippen LogP contribution in [0.15, 0.2) is 42.5 Å². The second-order valence-electron chi connectivity index (χ2n) is 5.85. The lowest BCUT2D eigenvalue weighted by molar-refractivity contribution is 0.616. The molecule has 2 aromatic carbocycles. The topological polar surface area (TPSA) is 29.3 Å². The Morgan fingerprint density at radius 3 is 2.76 bits per heavy atom. The number of nitrogens with zero attached hydrogens (tertiary/aromatic N) is 1. The molecule has 1 aliphatic rings. The van der Waals surface area contributed by atoms with Crippen LogP contribution in [0, 0.1) is 5.82 Å².